The Morgan fingerprint density at radius 1 is 1.42 bits per heavy atom. The van der Waals surface area contributed by atoms with Crippen molar-refractivity contribution in [1.29, 1.82) is 0 Å². The summed E-state index contributed by atoms with van der Waals surface area (Å²) in [5, 5.41) is 0. The molecule has 68 valence electrons. The molecule has 0 atom stereocenters. The molecule has 1 aromatic rings. The molecular weight excluding hydrogens is 146 g/mol. The SMILES string of the molecule is C=Cc1cc(C)c[nH]1.CCCC. The van der Waals surface area contributed by atoms with Gasteiger partial charge in [0.25, 0.3) is 0 Å². The molecule has 0 aliphatic carbocycles. The third-order valence-electron chi connectivity index (χ3n) is 1.57. The van der Waals surface area contributed by atoms with Gasteiger partial charge in [-0.3, -0.25) is 0 Å². The van der Waals surface area contributed by atoms with Crippen LogP contribution in [0.1, 0.15) is 37.9 Å². The predicted molar refractivity (Wildman–Crippen MR) is 56.2 cm³/mol. The van der Waals surface area contributed by atoms with E-state index in [1.807, 2.05) is 19.2 Å². The fourth-order valence-electron chi connectivity index (χ4n) is 0.644. The van der Waals surface area contributed by atoms with Gasteiger partial charge in [-0.1, -0.05) is 33.3 Å². The summed E-state index contributed by atoms with van der Waals surface area (Å²) in [6.45, 7) is 10.0. The van der Waals surface area contributed by atoms with Crippen LogP contribution in [0.2, 0.25) is 0 Å². The molecule has 1 N–H and O–H groups in total. The first-order valence-electron chi connectivity index (χ1n) is 4.52. The van der Waals surface area contributed by atoms with Crippen LogP contribution in [-0.4, -0.2) is 4.98 Å². The first-order chi connectivity index (χ1) is 5.74. The topological polar surface area (TPSA) is 15.8 Å². The van der Waals surface area contributed by atoms with E-state index in [0.29, 0.717) is 0 Å². The standard InChI is InChI=1S/C7H9N.C4H10/c1-3-7-4-6(2)5-8-7;1-3-4-2/h3-5,8H,1H2,2H3;3-4H2,1-2H3. The van der Waals surface area contributed by atoms with Crippen molar-refractivity contribution in [3.63, 3.8) is 0 Å². The average molecular weight is 165 g/mol. The van der Waals surface area contributed by atoms with Crippen molar-refractivity contribution < 1.29 is 0 Å². The number of aromatic nitrogens is 1. The lowest BCUT2D eigenvalue weighted by molar-refractivity contribution is 0.886. The van der Waals surface area contributed by atoms with E-state index in [1.54, 1.807) is 6.08 Å². The van der Waals surface area contributed by atoms with Crippen molar-refractivity contribution in [3.8, 4) is 0 Å². The van der Waals surface area contributed by atoms with Crippen LogP contribution in [0.3, 0.4) is 0 Å². The third-order valence-corrected chi connectivity index (χ3v) is 1.57. The molecule has 0 amide bonds. The maximum Gasteiger partial charge on any atom is 0.0377 e. The number of unbranched alkanes of at least 4 members (excludes halogenated alkanes) is 1. The molecule has 1 heteroatoms. The Balaban J connectivity index is 0.000000261. The summed E-state index contributed by atoms with van der Waals surface area (Å²) in [7, 11) is 0. The Morgan fingerprint density at radius 2 is 2.00 bits per heavy atom. The zero-order chi connectivity index (χ0) is 9.40. The molecule has 1 aromatic heterocycles. The van der Waals surface area contributed by atoms with Crippen LogP contribution >= 0.6 is 0 Å². The molecule has 0 unspecified atom stereocenters. The molecule has 0 aliphatic heterocycles. The highest BCUT2D eigenvalue weighted by molar-refractivity contribution is 5.42. The Labute approximate surface area is 75.5 Å². The average Bonchev–Trinajstić information content (AvgIpc) is 2.52. The highest BCUT2D eigenvalue weighted by atomic mass is 14.7. The van der Waals surface area contributed by atoms with Crippen LogP contribution in [0.4, 0.5) is 0 Å². The summed E-state index contributed by atoms with van der Waals surface area (Å²) in [5.41, 5.74) is 2.34. The van der Waals surface area contributed by atoms with Crippen LogP contribution in [0.25, 0.3) is 6.08 Å². The van der Waals surface area contributed by atoms with E-state index in [1.165, 1.54) is 18.4 Å². The summed E-state index contributed by atoms with van der Waals surface area (Å²) in [6, 6.07) is 2.05. The van der Waals surface area contributed by atoms with Crippen molar-refractivity contribution in [3.05, 3.63) is 30.1 Å². The van der Waals surface area contributed by atoms with Gasteiger partial charge < -0.3 is 4.98 Å². The molecule has 0 fully saturated rings. The fraction of sp³-hybridized carbons (Fsp3) is 0.455. The van der Waals surface area contributed by atoms with E-state index in [4.69, 9.17) is 0 Å². The van der Waals surface area contributed by atoms with E-state index in [-0.39, 0.29) is 0 Å². The summed E-state index contributed by atoms with van der Waals surface area (Å²) in [6.07, 6.45) is 6.39. The smallest absolute Gasteiger partial charge is 0.0377 e. The number of rotatable bonds is 2. The van der Waals surface area contributed by atoms with E-state index < -0.39 is 0 Å². The molecule has 0 aromatic carbocycles. The summed E-state index contributed by atoms with van der Waals surface area (Å²) >= 11 is 0. The second kappa shape index (κ2) is 6.71. The zero-order valence-electron chi connectivity index (χ0n) is 8.35. The third kappa shape index (κ3) is 4.78. The number of aryl methyl sites for hydroxylation is 1. The van der Waals surface area contributed by atoms with Gasteiger partial charge in [-0.15, -0.1) is 0 Å². The Bertz CT molecular complexity index is 209. The highest BCUT2D eigenvalue weighted by Gasteiger charge is 1.85. The summed E-state index contributed by atoms with van der Waals surface area (Å²) < 4.78 is 0. The maximum atomic E-state index is 3.61. The first kappa shape index (κ1) is 11.0. The van der Waals surface area contributed by atoms with Gasteiger partial charge in [-0.2, -0.15) is 0 Å². The Morgan fingerprint density at radius 3 is 2.17 bits per heavy atom. The van der Waals surface area contributed by atoms with Gasteiger partial charge in [0.1, 0.15) is 0 Å². The molecule has 12 heavy (non-hydrogen) atoms. The highest BCUT2D eigenvalue weighted by Crippen LogP contribution is 2.00. The largest absolute Gasteiger partial charge is 0.361 e. The molecule has 0 saturated heterocycles. The molecular formula is C11H19N. The second-order valence-corrected chi connectivity index (χ2v) is 2.84. The van der Waals surface area contributed by atoms with Gasteiger partial charge >= 0.3 is 0 Å². The van der Waals surface area contributed by atoms with Gasteiger partial charge in [0.05, 0.1) is 0 Å². The van der Waals surface area contributed by atoms with Crippen LogP contribution in [0.5, 0.6) is 0 Å². The lowest BCUT2D eigenvalue weighted by Crippen LogP contribution is -1.61. The molecule has 0 spiro atoms. The minimum absolute atomic E-state index is 1.09. The fourth-order valence-corrected chi connectivity index (χ4v) is 0.644. The van der Waals surface area contributed by atoms with E-state index in [2.05, 4.69) is 25.4 Å². The molecule has 0 saturated carbocycles. The Hall–Kier alpha value is -0.980. The zero-order valence-corrected chi connectivity index (χ0v) is 8.35. The predicted octanol–water partition coefficient (Wildman–Crippen LogP) is 3.77. The summed E-state index contributed by atoms with van der Waals surface area (Å²) in [4.78, 5) is 3.04. The van der Waals surface area contributed by atoms with E-state index in [9.17, 15) is 0 Å². The Kier molecular flexibility index (Phi) is 6.16. The van der Waals surface area contributed by atoms with Crippen LogP contribution < -0.4 is 0 Å². The summed E-state index contributed by atoms with van der Waals surface area (Å²) in [5.74, 6) is 0. The van der Waals surface area contributed by atoms with Crippen LogP contribution in [0.15, 0.2) is 18.8 Å². The molecule has 1 heterocycles. The van der Waals surface area contributed by atoms with Gasteiger partial charge in [0, 0.05) is 11.9 Å². The van der Waals surface area contributed by atoms with Crippen LogP contribution in [0, 0.1) is 6.92 Å². The van der Waals surface area contributed by atoms with Crippen molar-refractivity contribution in [2.75, 3.05) is 0 Å². The molecule has 1 nitrogen and oxygen atoms in total. The number of aromatic amines is 1. The van der Waals surface area contributed by atoms with Gasteiger partial charge in [0.2, 0.25) is 0 Å². The molecule has 0 radical (unpaired) electrons. The van der Waals surface area contributed by atoms with Crippen molar-refractivity contribution in [2.45, 2.75) is 33.6 Å². The van der Waals surface area contributed by atoms with Gasteiger partial charge in [-0.25, -0.2) is 0 Å². The lowest BCUT2D eigenvalue weighted by atomic mass is 10.3. The first-order valence-corrected chi connectivity index (χ1v) is 4.52. The lowest BCUT2D eigenvalue weighted by Gasteiger charge is -1.75. The van der Waals surface area contributed by atoms with E-state index >= 15 is 0 Å². The normalized spacial score (nSPS) is 8.58. The number of hydrogen-bond donors (Lipinski definition) is 1. The van der Waals surface area contributed by atoms with Crippen molar-refractivity contribution in [1.82, 2.24) is 4.98 Å². The van der Waals surface area contributed by atoms with E-state index in [0.717, 1.165) is 5.69 Å². The number of nitrogens with one attached hydrogen (secondary N) is 1. The van der Waals surface area contributed by atoms with Crippen molar-refractivity contribution >= 4 is 6.08 Å². The molecule has 0 aliphatic rings. The monoisotopic (exact) mass is 165 g/mol. The molecule has 1 rings (SSSR count). The second-order valence-electron chi connectivity index (χ2n) is 2.84. The van der Waals surface area contributed by atoms with Crippen molar-refractivity contribution in [2.24, 2.45) is 0 Å². The molecule has 0 bridgehead atoms. The minimum atomic E-state index is 1.09. The minimum Gasteiger partial charge on any atom is -0.361 e. The maximum absolute atomic E-state index is 3.61. The number of H-pyrrole nitrogens is 1. The quantitative estimate of drug-likeness (QED) is 0.686. The van der Waals surface area contributed by atoms with Crippen LogP contribution in [-0.2, 0) is 0 Å². The number of hydrogen-bond acceptors (Lipinski definition) is 0. The van der Waals surface area contributed by atoms with Gasteiger partial charge in [0.15, 0.2) is 0 Å². The van der Waals surface area contributed by atoms with Gasteiger partial charge in [-0.05, 0) is 24.6 Å².